The Morgan fingerprint density at radius 3 is 1.58 bits per heavy atom. The van der Waals surface area contributed by atoms with Crippen molar-refractivity contribution >= 4 is 24.4 Å². The molecule has 0 spiro atoms. The Morgan fingerprint density at radius 2 is 1.15 bits per heavy atom. The predicted octanol–water partition coefficient (Wildman–Crippen LogP) is 4.26. The van der Waals surface area contributed by atoms with E-state index in [-0.39, 0.29) is 0 Å². The molecule has 0 fully saturated rings. The van der Waals surface area contributed by atoms with Crippen LogP contribution in [-0.2, 0) is 0 Å². The van der Waals surface area contributed by atoms with E-state index in [4.69, 9.17) is 29.4 Å². The summed E-state index contributed by atoms with van der Waals surface area (Å²) < 4.78 is 0.777. The van der Waals surface area contributed by atoms with Crippen LogP contribution in [0.4, 0.5) is 0 Å². The number of nitrogens with zero attached hydrogens (tertiary/aromatic N) is 3. The second-order valence-electron chi connectivity index (χ2n) is 5.80. The van der Waals surface area contributed by atoms with Crippen LogP contribution in [0.3, 0.4) is 0 Å². The molecule has 0 saturated heterocycles. The van der Waals surface area contributed by atoms with Crippen LogP contribution in [-0.4, -0.2) is 35.3 Å². The molecule has 3 aromatic heterocycles. The molecule has 0 aliphatic rings. The summed E-state index contributed by atoms with van der Waals surface area (Å²) in [4.78, 5) is 13.5. The summed E-state index contributed by atoms with van der Waals surface area (Å²) in [6, 6.07) is 10.1. The van der Waals surface area contributed by atoms with Gasteiger partial charge in [0, 0.05) is 28.1 Å². The Hall–Kier alpha value is -2.91. The van der Waals surface area contributed by atoms with E-state index < -0.39 is 0 Å². The van der Waals surface area contributed by atoms with Crippen LogP contribution >= 0.6 is 24.4 Å². The molecule has 9 heteroatoms. The maximum Gasteiger partial charge on any atom is 0.213 e. The Morgan fingerprint density at radius 1 is 0.654 bits per heavy atom. The number of aromatic nitrogens is 7. The van der Waals surface area contributed by atoms with Crippen molar-refractivity contribution in [2.24, 2.45) is 0 Å². The maximum atomic E-state index is 5.14. The minimum Gasteiger partial charge on any atom is -0.282 e. The van der Waals surface area contributed by atoms with Gasteiger partial charge in [0.25, 0.3) is 0 Å². The highest BCUT2D eigenvalue weighted by atomic mass is 32.1. The number of aromatic amines is 4. The first-order chi connectivity index (χ1) is 12.5. The average Bonchev–Trinajstić information content (AvgIpc) is 3.23. The van der Waals surface area contributed by atoms with E-state index in [1.54, 1.807) is 0 Å². The van der Waals surface area contributed by atoms with E-state index in [0.717, 1.165) is 33.6 Å². The number of nitrogens with one attached hydrogen (secondary N) is 4. The molecule has 4 N–H and O–H groups in total. The largest absolute Gasteiger partial charge is 0.282 e. The van der Waals surface area contributed by atoms with Gasteiger partial charge in [0.1, 0.15) is 0 Å². The Bertz CT molecular complexity index is 1130. The van der Waals surface area contributed by atoms with Gasteiger partial charge in [0.15, 0.2) is 11.6 Å². The highest BCUT2D eigenvalue weighted by Gasteiger charge is 2.23. The molecule has 1 aromatic carbocycles. The van der Waals surface area contributed by atoms with Crippen molar-refractivity contribution in [3.8, 4) is 33.9 Å². The van der Waals surface area contributed by atoms with E-state index >= 15 is 0 Å². The molecular weight excluding hydrogens is 366 g/mol. The fraction of sp³-hybridized carbons (Fsp3) is 0.118. The van der Waals surface area contributed by atoms with E-state index in [9.17, 15) is 0 Å². The van der Waals surface area contributed by atoms with Crippen molar-refractivity contribution in [2.75, 3.05) is 0 Å². The number of pyridine rings is 1. The van der Waals surface area contributed by atoms with Gasteiger partial charge < -0.3 is 0 Å². The standard InChI is InChI=1S/C17H15N7S2/c1-8-11(14-19-16(25)23-21-14)13(10-6-4-3-5-7-10)12(9(2)18-8)15-20-17(26)24-22-15/h3-7H,1-2H3,(H2,19,21,23,25)(H2,20,22,24,26). The third-order valence-corrected chi connectivity index (χ3v) is 4.48. The van der Waals surface area contributed by atoms with Crippen molar-refractivity contribution in [1.82, 2.24) is 35.3 Å². The van der Waals surface area contributed by atoms with E-state index in [2.05, 4.69) is 30.4 Å². The van der Waals surface area contributed by atoms with Gasteiger partial charge in [-0.05, 0) is 43.8 Å². The number of aryl methyl sites for hydroxylation is 2. The van der Waals surface area contributed by atoms with Gasteiger partial charge in [-0.15, -0.1) is 0 Å². The van der Waals surface area contributed by atoms with Crippen molar-refractivity contribution in [2.45, 2.75) is 13.8 Å². The zero-order valence-corrected chi connectivity index (χ0v) is 15.7. The van der Waals surface area contributed by atoms with Gasteiger partial charge in [-0.3, -0.25) is 25.4 Å². The van der Waals surface area contributed by atoms with Gasteiger partial charge in [-0.25, -0.2) is 0 Å². The van der Waals surface area contributed by atoms with Gasteiger partial charge in [-0.1, -0.05) is 30.3 Å². The molecule has 0 radical (unpaired) electrons. The lowest BCUT2D eigenvalue weighted by Gasteiger charge is -2.17. The maximum absolute atomic E-state index is 5.14. The highest BCUT2D eigenvalue weighted by Crippen LogP contribution is 2.40. The Labute approximate surface area is 159 Å². The quantitative estimate of drug-likeness (QED) is 0.397. The predicted molar refractivity (Wildman–Crippen MR) is 105 cm³/mol. The van der Waals surface area contributed by atoms with E-state index in [1.165, 1.54) is 0 Å². The van der Waals surface area contributed by atoms with Crippen LogP contribution < -0.4 is 0 Å². The Kier molecular flexibility index (Phi) is 4.09. The molecule has 0 bridgehead atoms. The summed E-state index contributed by atoms with van der Waals surface area (Å²) in [6.45, 7) is 3.91. The van der Waals surface area contributed by atoms with Crippen LogP contribution in [0.5, 0.6) is 0 Å². The minimum absolute atomic E-state index is 0.389. The smallest absolute Gasteiger partial charge is 0.213 e. The molecule has 0 atom stereocenters. The van der Waals surface area contributed by atoms with Gasteiger partial charge >= 0.3 is 0 Å². The van der Waals surface area contributed by atoms with Crippen LogP contribution in [0.2, 0.25) is 0 Å². The van der Waals surface area contributed by atoms with Crippen LogP contribution in [0.25, 0.3) is 33.9 Å². The average molecular weight is 381 g/mol. The lowest BCUT2D eigenvalue weighted by molar-refractivity contribution is 1.06. The minimum atomic E-state index is 0.389. The number of rotatable bonds is 3. The third-order valence-electron chi connectivity index (χ3n) is 4.10. The number of benzene rings is 1. The topological polar surface area (TPSA) is 102 Å². The van der Waals surface area contributed by atoms with Crippen LogP contribution in [0.1, 0.15) is 11.4 Å². The molecule has 4 aromatic rings. The number of hydrogen-bond acceptors (Lipinski definition) is 5. The zero-order chi connectivity index (χ0) is 18.3. The molecule has 4 rings (SSSR count). The second kappa shape index (κ2) is 6.43. The highest BCUT2D eigenvalue weighted by molar-refractivity contribution is 7.71. The van der Waals surface area contributed by atoms with Crippen LogP contribution in [0, 0.1) is 23.4 Å². The molecule has 3 heterocycles. The van der Waals surface area contributed by atoms with Gasteiger partial charge in [0.05, 0.1) is 0 Å². The molecule has 0 saturated carbocycles. The zero-order valence-electron chi connectivity index (χ0n) is 14.0. The second-order valence-corrected chi connectivity index (χ2v) is 6.58. The fourth-order valence-electron chi connectivity index (χ4n) is 3.10. The summed E-state index contributed by atoms with van der Waals surface area (Å²) in [5, 5.41) is 11.8. The van der Waals surface area contributed by atoms with Gasteiger partial charge in [-0.2, -0.15) is 9.97 Å². The normalized spacial score (nSPS) is 11.0. The summed E-state index contributed by atoms with van der Waals surface area (Å²) in [7, 11) is 0. The van der Waals surface area contributed by atoms with Crippen LogP contribution in [0.15, 0.2) is 30.3 Å². The summed E-state index contributed by atoms with van der Waals surface area (Å²) in [5.74, 6) is 1.27. The first-order valence-corrected chi connectivity index (χ1v) is 8.73. The van der Waals surface area contributed by atoms with Crippen molar-refractivity contribution in [3.05, 3.63) is 51.3 Å². The van der Waals surface area contributed by atoms with Crippen molar-refractivity contribution < 1.29 is 0 Å². The molecule has 0 amide bonds. The molecule has 0 aliphatic carbocycles. The van der Waals surface area contributed by atoms with E-state index in [1.807, 2.05) is 44.2 Å². The fourth-order valence-corrected chi connectivity index (χ4v) is 3.38. The van der Waals surface area contributed by atoms with Crippen molar-refractivity contribution in [3.63, 3.8) is 0 Å². The molecule has 0 aliphatic heterocycles. The summed E-state index contributed by atoms with van der Waals surface area (Å²) in [5.41, 5.74) is 5.41. The monoisotopic (exact) mass is 381 g/mol. The molecule has 130 valence electrons. The lowest BCUT2D eigenvalue weighted by Crippen LogP contribution is -2.02. The number of H-pyrrole nitrogens is 4. The molecular formula is C17H15N7S2. The summed E-state index contributed by atoms with van der Waals surface area (Å²) >= 11 is 10.3. The molecule has 7 nitrogen and oxygen atoms in total. The number of hydrogen-bond donors (Lipinski definition) is 4. The third kappa shape index (κ3) is 2.80. The SMILES string of the molecule is Cc1nc(C)c(-c2nc(=S)[nH][nH]2)c(-c2ccccc2)c1-c1nc(=S)[nH][nH]1. The summed E-state index contributed by atoms with van der Waals surface area (Å²) in [6.07, 6.45) is 0. The van der Waals surface area contributed by atoms with E-state index in [0.29, 0.717) is 21.2 Å². The Balaban J connectivity index is 2.15. The lowest BCUT2D eigenvalue weighted by atomic mass is 9.92. The van der Waals surface area contributed by atoms with Gasteiger partial charge in [0.2, 0.25) is 9.54 Å². The first-order valence-electron chi connectivity index (χ1n) is 7.91. The molecule has 26 heavy (non-hydrogen) atoms. The first kappa shape index (κ1) is 16.6. The molecule has 0 unspecified atom stereocenters. The van der Waals surface area contributed by atoms with Crippen molar-refractivity contribution in [1.29, 1.82) is 0 Å².